The molecule has 3 N–H and O–H groups in total. The first-order valence-electron chi connectivity index (χ1n) is 6.24. The molecule has 1 fully saturated rings. The van der Waals surface area contributed by atoms with Crippen molar-refractivity contribution in [3.05, 3.63) is 29.3 Å². The quantitative estimate of drug-likeness (QED) is 0.821. The molecule has 2 nitrogen and oxygen atoms in total. The van der Waals surface area contributed by atoms with Crippen LogP contribution < -0.4 is 5.73 Å². The van der Waals surface area contributed by atoms with Crippen molar-refractivity contribution in [3.63, 3.8) is 0 Å². The first kappa shape index (κ1) is 11.5. The molecule has 2 rings (SSSR count). The van der Waals surface area contributed by atoms with E-state index in [1.165, 1.54) is 24.0 Å². The maximum absolute atomic E-state index is 9.75. The minimum atomic E-state index is 0.128. The van der Waals surface area contributed by atoms with Crippen LogP contribution in [0.3, 0.4) is 0 Å². The van der Waals surface area contributed by atoms with E-state index in [0.29, 0.717) is 12.3 Å². The largest absolute Gasteiger partial charge is 0.508 e. The molecule has 0 atom stereocenters. The average molecular weight is 219 g/mol. The summed E-state index contributed by atoms with van der Waals surface area (Å²) >= 11 is 0. The van der Waals surface area contributed by atoms with E-state index in [9.17, 15) is 5.11 Å². The third-order valence-corrected chi connectivity index (χ3v) is 3.95. The molecule has 1 aliphatic carbocycles. The topological polar surface area (TPSA) is 46.2 Å². The van der Waals surface area contributed by atoms with Crippen molar-refractivity contribution in [1.82, 2.24) is 0 Å². The first-order chi connectivity index (χ1) is 7.70. The monoisotopic (exact) mass is 219 g/mol. The number of hydrogen-bond acceptors (Lipinski definition) is 2. The Kier molecular flexibility index (Phi) is 3.20. The predicted molar refractivity (Wildman–Crippen MR) is 66.7 cm³/mol. The highest BCUT2D eigenvalue weighted by atomic mass is 16.3. The zero-order chi connectivity index (χ0) is 11.6. The highest BCUT2D eigenvalue weighted by Crippen LogP contribution is 2.41. The Labute approximate surface area is 97.5 Å². The first-order valence-corrected chi connectivity index (χ1v) is 6.24. The number of nitrogens with two attached hydrogens (primary N) is 1. The summed E-state index contributed by atoms with van der Waals surface area (Å²) in [7, 11) is 0. The fourth-order valence-electron chi connectivity index (χ4n) is 2.85. The number of phenols is 1. The van der Waals surface area contributed by atoms with Crippen molar-refractivity contribution in [2.75, 3.05) is 6.54 Å². The molecule has 2 heteroatoms. The van der Waals surface area contributed by atoms with Crippen LogP contribution in [0.4, 0.5) is 0 Å². The van der Waals surface area contributed by atoms with E-state index in [1.807, 2.05) is 12.1 Å². The number of phenolic OH excluding ortho intramolecular Hbond substituents is 1. The van der Waals surface area contributed by atoms with Gasteiger partial charge in [0.15, 0.2) is 0 Å². The van der Waals surface area contributed by atoms with Crippen LogP contribution in [-0.4, -0.2) is 11.7 Å². The molecule has 88 valence electrons. The summed E-state index contributed by atoms with van der Waals surface area (Å²) in [6.45, 7) is 2.81. The second kappa shape index (κ2) is 4.46. The van der Waals surface area contributed by atoms with Crippen molar-refractivity contribution in [2.45, 2.75) is 44.4 Å². The van der Waals surface area contributed by atoms with E-state index >= 15 is 0 Å². The maximum Gasteiger partial charge on any atom is 0.116 e. The Hall–Kier alpha value is -1.02. The number of aryl methyl sites for hydroxylation is 1. The molecule has 0 aromatic heterocycles. The van der Waals surface area contributed by atoms with Crippen molar-refractivity contribution in [2.24, 2.45) is 5.73 Å². The van der Waals surface area contributed by atoms with Crippen LogP contribution in [0.5, 0.6) is 5.75 Å². The Morgan fingerprint density at radius 2 is 1.94 bits per heavy atom. The Balaban J connectivity index is 2.41. The number of aromatic hydroxyl groups is 1. The van der Waals surface area contributed by atoms with Crippen molar-refractivity contribution < 1.29 is 5.11 Å². The van der Waals surface area contributed by atoms with E-state index in [4.69, 9.17) is 5.73 Å². The summed E-state index contributed by atoms with van der Waals surface area (Å²) < 4.78 is 0. The van der Waals surface area contributed by atoms with Gasteiger partial charge in [0.1, 0.15) is 5.75 Å². The molecule has 1 aromatic rings. The number of benzene rings is 1. The normalized spacial score (nSPS) is 18.9. The number of rotatable bonds is 3. The van der Waals surface area contributed by atoms with Gasteiger partial charge in [-0.05, 0) is 42.5 Å². The van der Waals surface area contributed by atoms with Crippen molar-refractivity contribution in [3.8, 4) is 5.75 Å². The Bertz CT molecular complexity index is 367. The zero-order valence-electron chi connectivity index (χ0n) is 10.00. The molecule has 0 spiro atoms. The minimum Gasteiger partial charge on any atom is -0.508 e. The summed E-state index contributed by atoms with van der Waals surface area (Å²) in [5.74, 6) is 0.383. The molecule has 0 radical (unpaired) electrons. The van der Waals surface area contributed by atoms with Crippen molar-refractivity contribution >= 4 is 0 Å². The average Bonchev–Trinajstić information content (AvgIpc) is 2.78. The van der Waals surface area contributed by atoms with Gasteiger partial charge in [0.05, 0.1) is 0 Å². The molecule has 0 aliphatic heterocycles. The third kappa shape index (κ3) is 1.94. The lowest BCUT2D eigenvalue weighted by molar-refractivity contribution is 0.440. The molecule has 1 aliphatic rings. The maximum atomic E-state index is 9.75. The van der Waals surface area contributed by atoms with Gasteiger partial charge in [0.25, 0.3) is 0 Å². The van der Waals surface area contributed by atoms with Crippen molar-refractivity contribution in [1.29, 1.82) is 0 Å². The smallest absolute Gasteiger partial charge is 0.116 e. The lowest BCUT2D eigenvalue weighted by Crippen LogP contribution is -2.32. The molecule has 0 unspecified atom stereocenters. The molecule has 0 saturated heterocycles. The van der Waals surface area contributed by atoms with Gasteiger partial charge in [-0.2, -0.15) is 0 Å². The Morgan fingerprint density at radius 1 is 1.25 bits per heavy atom. The zero-order valence-corrected chi connectivity index (χ0v) is 10.00. The SMILES string of the molecule is CCc1cc(O)cc(C2(CN)CCCC2)c1. The molecular weight excluding hydrogens is 198 g/mol. The van der Waals surface area contributed by atoms with Crippen LogP contribution in [0.15, 0.2) is 18.2 Å². The highest BCUT2D eigenvalue weighted by molar-refractivity contribution is 5.38. The summed E-state index contributed by atoms with van der Waals surface area (Å²) in [5, 5.41) is 9.75. The molecular formula is C14H21NO. The van der Waals surface area contributed by atoms with Crippen LogP contribution >= 0.6 is 0 Å². The predicted octanol–water partition coefficient (Wildman–Crippen LogP) is 2.73. The van der Waals surface area contributed by atoms with Gasteiger partial charge < -0.3 is 10.8 Å². The van der Waals surface area contributed by atoms with E-state index in [2.05, 4.69) is 13.0 Å². The van der Waals surface area contributed by atoms with E-state index < -0.39 is 0 Å². The fraction of sp³-hybridized carbons (Fsp3) is 0.571. The minimum absolute atomic E-state index is 0.128. The standard InChI is InChI=1S/C14H21NO/c1-2-11-7-12(9-13(16)8-11)14(10-15)5-3-4-6-14/h7-9,16H,2-6,10,15H2,1H3. The van der Waals surface area contributed by atoms with Crippen LogP contribution in [0.25, 0.3) is 0 Å². The summed E-state index contributed by atoms with van der Waals surface area (Å²) in [6, 6.07) is 5.97. The number of hydrogen-bond donors (Lipinski definition) is 2. The van der Waals surface area contributed by atoms with Gasteiger partial charge in [-0.1, -0.05) is 25.8 Å². The van der Waals surface area contributed by atoms with Gasteiger partial charge in [-0.15, -0.1) is 0 Å². The summed E-state index contributed by atoms with van der Waals surface area (Å²) in [5.41, 5.74) is 8.53. The molecule has 0 bridgehead atoms. The van der Waals surface area contributed by atoms with Gasteiger partial charge in [-0.25, -0.2) is 0 Å². The molecule has 1 aromatic carbocycles. The Morgan fingerprint density at radius 3 is 2.50 bits per heavy atom. The van der Waals surface area contributed by atoms with Crippen LogP contribution in [-0.2, 0) is 11.8 Å². The van der Waals surface area contributed by atoms with Gasteiger partial charge >= 0.3 is 0 Å². The van der Waals surface area contributed by atoms with Gasteiger partial charge in [-0.3, -0.25) is 0 Å². The van der Waals surface area contributed by atoms with E-state index in [0.717, 1.165) is 19.3 Å². The van der Waals surface area contributed by atoms with Gasteiger partial charge in [0.2, 0.25) is 0 Å². The highest BCUT2D eigenvalue weighted by Gasteiger charge is 2.34. The van der Waals surface area contributed by atoms with E-state index in [1.54, 1.807) is 0 Å². The summed E-state index contributed by atoms with van der Waals surface area (Å²) in [6.07, 6.45) is 5.80. The second-order valence-electron chi connectivity index (χ2n) is 4.93. The molecule has 1 saturated carbocycles. The molecule has 0 heterocycles. The lowest BCUT2D eigenvalue weighted by Gasteiger charge is -2.28. The fourth-order valence-corrected chi connectivity index (χ4v) is 2.85. The third-order valence-electron chi connectivity index (χ3n) is 3.95. The lowest BCUT2D eigenvalue weighted by atomic mass is 9.78. The van der Waals surface area contributed by atoms with Crippen LogP contribution in [0.2, 0.25) is 0 Å². The summed E-state index contributed by atoms with van der Waals surface area (Å²) in [4.78, 5) is 0. The van der Waals surface area contributed by atoms with Gasteiger partial charge in [0, 0.05) is 12.0 Å². The molecule has 16 heavy (non-hydrogen) atoms. The van der Waals surface area contributed by atoms with E-state index in [-0.39, 0.29) is 5.41 Å². The van der Waals surface area contributed by atoms with Crippen LogP contribution in [0.1, 0.15) is 43.7 Å². The van der Waals surface area contributed by atoms with Crippen LogP contribution in [0, 0.1) is 0 Å². The second-order valence-corrected chi connectivity index (χ2v) is 4.93. The molecule has 0 amide bonds.